The molecule has 2 rings (SSSR count). The lowest BCUT2D eigenvalue weighted by Crippen LogP contribution is -2.22. The van der Waals surface area contributed by atoms with Gasteiger partial charge in [-0.25, -0.2) is 8.78 Å². The third kappa shape index (κ3) is 3.52. The number of nitro benzene ring substituents is 1. The number of nitrogens with one attached hydrogen (secondary N) is 1. The van der Waals surface area contributed by atoms with Gasteiger partial charge in [-0.3, -0.25) is 14.8 Å². The quantitative estimate of drug-likeness (QED) is 0.666. The van der Waals surface area contributed by atoms with Crippen LogP contribution in [0.4, 0.5) is 20.2 Å². The average Bonchev–Trinajstić information content (AvgIpc) is 2.84. The third-order valence-electron chi connectivity index (χ3n) is 3.69. The molecule has 0 radical (unpaired) electrons. The lowest BCUT2D eigenvalue weighted by Gasteiger charge is -2.19. The molecule has 0 fully saturated rings. The number of halogens is 2. The monoisotopic (exact) mass is 338 g/mol. The van der Waals surface area contributed by atoms with Crippen molar-refractivity contribution in [2.24, 2.45) is 0 Å². The van der Waals surface area contributed by atoms with Gasteiger partial charge in [-0.15, -0.1) is 0 Å². The Morgan fingerprint density at radius 1 is 1.29 bits per heavy atom. The predicted molar refractivity (Wildman–Crippen MR) is 87.0 cm³/mol. The van der Waals surface area contributed by atoms with Crippen molar-refractivity contribution < 1.29 is 13.7 Å². The predicted octanol–water partition coefficient (Wildman–Crippen LogP) is 4.31. The van der Waals surface area contributed by atoms with Crippen LogP contribution in [-0.4, -0.2) is 14.7 Å². The Balaban J connectivity index is 2.32. The lowest BCUT2D eigenvalue weighted by atomic mass is 10.1. The van der Waals surface area contributed by atoms with Crippen molar-refractivity contribution in [3.05, 3.63) is 51.3 Å². The van der Waals surface area contributed by atoms with Gasteiger partial charge in [0, 0.05) is 11.8 Å². The summed E-state index contributed by atoms with van der Waals surface area (Å²) in [7, 11) is 0. The van der Waals surface area contributed by atoms with Crippen molar-refractivity contribution in [3.8, 4) is 0 Å². The number of anilines is 1. The molecule has 0 saturated carbocycles. The van der Waals surface area contributed by atoms with Gasteiger partial charge < -0.3 is 5.32 Å². The first-order chi connectivity index (χ1) is 11.0. The van der Waals surface area contributed by atoms with E-state index in [1.54, 1.807) is 11.6 Å². The Morgan fingerprint density at radius 2 is 1.83 bits per heavy atom. The summed E-state index contributed by atoms with van der Waals surface area (Å²) < 4.78 is 29.8. The molecule has 0 amide bonds. The second-order valence-electron chi connectivity index (χ2n) is 6.69. The Kier molecular flexibility index (Phi) is 4.59. The zero-order chi connectivity index (χ0) is 18.2. The Hall–Kier alpha value is -2.51. The molecule has 1 atom stereocenters. The highest BCUT2D eigenvalue weighted by atomic mass is 19.1. The summed E-state index contributed by atoms with van der Waals surface area (Å²) in [5.41, 5.74) is 0.303. The van der Waals surface area contributed by atoms with Crippen molar-refractivity contribution in [2.45, 2.75) is 46.2 Å². The first-order valence-corrected chi connectivity index (χ1v) is 7.47. The number of nitro groups is 1. The zero-order valence-corrected chi connectivity index (χ0v) is 14.2. The van der Waals surface area contributed by atoms with Crippen molar-refractivity contribution in [3.63, 3.8) is 0 Å². The number of nitrogens with zero attached hydrogens (tertiary/aromatic N) is 3. The Morgan fingerprint density at radius 3 is 2.25 bits per heavy atom. The van der Waals surface area contributed by atoms with Gasteiger partial charge in [-0.2, -0.15) is 5.10 Å². The number of non-ortho nitro benzene ring substituents is 1. The molecule has 0 aliphatic carbocycles. The summed E-state index contributed by atoms with van der Waals surface area (Å²) in [5.74, 6) is -2.01. The standard InChI is InChI=1S/C16H20F2N4O2/c1-9(12-8-21(16(3,4)5)20-10(12)2)19-15-13(17)6-11(22(23)24)7-14(15)18/h6-9,19H,1-5H3. The van der Waals surface area contributed by atoms with Crippen LogP contribution < -0.4 is 5.32 Å². The van der Waals surface area contributed by atoms with Gasteiger partial charge in [0.2, 0.25) is 0 Å². The van der Waals surface area contributed by atoms with Crippen molar-refractivity contribution in [1.29, 1.82) is 0 Å². The van der Waals surface area contributed by atoms with Crippen LogP contribution in [0.2, 0.25) is 0 Å². The molecular weight excluding hydrogens is 318 g/mol. The minimum atomic E-state index is -1.01. The molecule has 0 bridgehead atoms. The molecule has 0 aliphatic rings. The highest BCUT2D eigenvalue weighted by molar-refractivity contribution is 5.53. The van der Waals surface area contributed by atoms with Gasteiger partial charge in [0.05, 0.1) is 34.3 Å². The van der Waals surface area contributed by atoms with Crippen LogP contribution in [0.5, 0.6) is 0 Å². The van der Waals surface area contributed by atoms with Crippen LogP contribution in [0.25, 0.3) is 0 Å². The average molecular weight is 338 g/mol. The molecular formula is C16H20F2N4O2. The topological polar surface area (TPSA) is 73.0 Å². The summed E-state index contributed by atoms with van der Waals surface area (Å²) >= 11 is 0. The Bertz CT molecular complexity index is 758. The summed E-state index contributed by atoms with van der Waals surface area (Å²) in [6.45, 7) is 9.56. The number of aryl methyl sites for hydroxylation is 1. The number of aromatic nitrogens is 2. The van der Waals surface area contributed by atoms with Crippen LogP contribution in [0.3, 0.4) is 0 Å². The van der Waals surface area contributed by atoms with E-state index >= 15 is 0 Å². The molecule has 1 unspecified atom stereocenters. The first kappa shape index (κ1) is 17.8. The molecule has 1 aromatic heterocycles. The molecule has 0 aliphatic heterocycles. The van der Waals surface area contributed by atoms with E-state index in [2.05, 4.69) is 10.4 Å². The fourth-order valence-corrected chi connectivity index (χ4v) is 2.34. The van der Waals surface area contributed by atoms with E-state index in [4.69, 9.17) is 0 Å². The third-order valence-corrected chi connectivity index (χ3v) is 3.69. The van der Waals surface area contributed by atoms with E-state index in [9.17, 15) is 18.9 Å². The van der Waals surface area contributed by atoms with Crippen molar-refractivity contribution in [2.75, 3.05) is 5.32 Å². The second kappa shape index (κ2) is 6.18. The number of rotatable bonds is 4. The maximum absolute atomic E-state index is 14.0. The molecule has 130 valence electrons. The molecule has 0 spiro atoms. The summed E-state index contributed by atoms with van der Waals surface area (Å²) in [6.07, 6.45) is 1.83. The fourth-order valence-electron chi connectivity index (χ4n) is 2.34. The normalized spacial score (nSPS) is 13.0. The molecule has 6 nitrogen and oxygen atoms in total. The van der Waals surface area contributed by atoms with Crippen LogP contribution in [0, 0.1) is 28.7 Å². The smallest absolute Gasteiger partial charge is 0.275 e. The number of hydrogen-bond acceptors (Lipinski definition) is 4. The largest absolute Gasteiger partial charge is 0.374 e. The maximum Gasteiger partial charge on any atom is 0.275 e. The van der Waals surface area contributed by atoms with Gasteiger partial charge in [-0.1, -0.05) is 0 Å². The lowest BCUT2D eigenvalue weighted by molar-refractivity contribution is -0.385. The van der Waals surface area contributed by atoms with Gasteiger partial charge in [0.15, 0.2) is 11.6 Å². The molecule has 1 aromatic carbocycles. The molecule has 0 saturated heterocycles. The SMILES string of the molecule is Cc1nn(C(C)(C)C)cc1C(C)Nc1c(F)cc([N+](=O)[O-])cc1F. The van der Waals surface area contributed by atoms with Gasteiger partial charge in [0.25, 0.3) is 5.69 Å². The van der Waals surface area contributed by atoms with Crippen LogP contribution in [0.1, 0.15) is 45.0 Å². The van der Waals surface area contributed by atoms with Crippen molar-refractivity contribution in [1.82, 2.24) is 9.78 Å². The second-order valence-corrected chi connectivity index (χ2v) is 6.69. The van der Waals surface area contributed by atoms with Crippen molar-refractivity contribution >= 4 is 11.4 Å². The molecule has 1 N–H and O–H groups in total. The first-order valence-electron chi connectivity index (χ1n) is 7.47. The van der Waals surface area contributed by atoms with E-state index in [1.807, 2.05) is 33.9 Å². The highest BCUT2D eigenvalue weighted by Crippen LogP contribution is 2.29. The van der Waals surface area contributed by atoms with Crippen LogP contribution in [0.15, 0.2) is 18.3 Å². The van der Waals surface area contributed by atoms with Crippen LogP contribution in [-0.2, 0) is 5.54 Å². The van der Waals surface area contributed by atoms with Gasteiger partial charge in [0.1, 0.15) is 5.69 Å². The highest BCUT2D eigenvalue weighted by Gasteiger charge is 2.22. The number of hydrogen-bond donors (Lipinski definition) is 1. The van der Waals surface area contributed by atoms with E-state index in [1.165, 1.54) is 0 Å². The summed E-state index contributed by atoms with van der Waals surface area (Å²) in [6, 6.07) is 0.971. The number of benzene rings is 1. The molecule has 24 heavy (non-hydrogen) atoms. The van der Waals surface area contributed by atoms with Gasteiger partial charge in [-0.05, 0) is 34.6 Å². The maximum atomic E-state index is 14.0. The molecule has 2 aromatic rings. The fraction of sp³-hybridized carbons (Fsp3) is 0.438. The van der Waals surface area contributed by atoms with Crippen LogP contribution >= 0.6 is 0 Å². The zero-order valence-electron chi connectivity index (χ0n) is 14.2. The Labute approximate surface area is 138 Å². The van der Waals surface area contributed by atoms with Gasteiger partial charge >= 0.3 is 0 Å². The minimum Gasteiger partial charge on any atom is -0.374 e. The van der Waals surface area contributed by atoms with E-state index in [-0.39, 0.29) is 5.54 Å². The summed E-state index contributed by atoms with van der Waals surface area (Å²) in [5, 5.41) is 17.8. The molecule has 8 heteroatoms. The van der Waals surface area contributed by atoms with E-state index in [0.29, 0.717) is 12.1 Å². The van der Waals surface area contributed by atoms with E-state index < -0.39 is 34.0 Å². The van der Waals surface area contributed by atoms with E-state index in [0.717, 1.165) is 11.3 Å². The minimum absolute atomic E-state index is 0.216. The summed E-state index contributed by atoms with van der Waals surface area (Å²) in [4.78, 5) is 9.81. The molecule has 1 heterocycles.